The topological polar surface area (TPSA) is 32.3 Å². The number of carbonyl (C=O) groups excluding carboxylic acids is 1. The van der Waals surface area contributed by atoms with Crippen LogP contribution >= 0.6 is 0 Å². The zero-order valence-electron chi connectivity index (χ0n) is 12.9. The van der Waals surface area contributed by atoms with E-state index in [1.54, 1.807) is 6.92 Å². The van der Waals surface area contributed by atoms with Gasteiger partial charge in [0.1, 0.15) is 0 Å². The van der Waals surface area contributed by atoms with Crippen molar-refractivity contribution >= 4 is 18.1 Å². The van der Waals surface area contributed by atoms with Gasteiger partial charge in [-0.1, -0.05) is 48.5 Å². The molecule has 1 N–H and O–H groups in total. The van der Waals surface area contributed by atoms with E-state index in [9.17, 15) is 4.79 Å². The molecule has 2 aliphatic heterocycles. The lowest BCUT2D eigenvalue weighted by Crippen LogP contribution is -2.39. The largest absolute Gasteiger partial charge is 0.382 e. The summed E-state index contributed by atoms with van der Waals surface area (Å²) in [7, 11) is 0. The molecule has 0 unspecified atom stereocenters. The number of fused-ring (bicyclic) bond motifs is 2. The zero-order chi connectivity index (χ0) is 15.8. The van der Waals surface area contributed by atoms with Crippen LogP contribution in [0.3, 0.4) is 0 Å². The summed E-state index contributed by atoms with van der Waals surface area (Å²) in [6.45, 7) is 1.62. The van der Waals surface area contributed by atoms with Crippen molar-refractivity contribution in [3.8, 4) is 0 Å². The average Bonchev–Trinajstić information content (AvgIpc) is 2.60. The van der Waals surface area contributed by atoms with E-state index in [2.05, 4.69) is 41.7 Å². The number of benzene rings is 2. The van der Waals surface area contributed by atoms with Crippen molar-refractivity contribution in [1.82, 2.24) is 10.2 Å². The molecule has 0 aliphatic carbocycles. The number of amides is 1. The van der Waals surface area contributed by atoms with Gasteiger partial charge < -0.3 is 10.2 Å². The molecule has 23 heavy (non-hydrogen) atoms. The third kappa shape index (κ3) is 2.25. The number of nitrogens with zero attached hydrogens (tertiary/aromatic N) is 1. The lowest BCUT2D eigenvalue weighted by molar-refractivity contribution is -0.128. The van der Waals surface area contributed by atoms with Gasteiger partial charge in [-0.3, -0.25) is 4.79 Å². The molecule has 3 nitrogen and oxygen atoms in total. The minimum absolute atomic E-state index is 0.0335. The summed E-state index contributed by atoms with van der Waals surface area (Å²) < 4.78 is 0. The Balaban J connectivity index is 1.87. The summed E-state index contributed by atoms with van der Waals surface area (Å²) in [6.07, 6.45) is 7.97. The molecular formula is C20H18N2O. The Morgan fingerprint density at radius 1 is 0.957 bits per heavy atom. The maximum Gasteiger partial charge on any atom is 0.224 e. The lowest BCUT2D eigenvalue weighted by atomic mass is 9.84. The molecule has 0 radical (unpaired) electrons. The van der Waals surface area contributed by atoms with Crippen LogP contribution < -0.4 is 5.32 Å². The van der Waals surface area contributed by atoms with Crippen LogP contribution in [-0.4, -0.2) is 10.8 Å². The normalized spacial score (nSPS) is 21.3. The Bertz CT molecular complexity index is 822. The molecule has 2 atom stereocenters. The second-order valence-electron chi connectivity index (χ2n) is 5.92. The van der Waals surface area contributed by atoms with E-state index in [1.165, 1.54) is 22.3 Å². The average molecular weight is 302 g/mol. The molecule has 0 saturated heterocycles. The molecule has 0 saturated carbocycles. The highest BCUT2D eigenvalue weighted by atomic mass is 16.2. The summed E-state index contributed by atoms with van der Waals surface area (Å²) in [4.78, 5) is 14.0. The van der Waals surface area contributed by atoms with Crippen LogP contribution in [0.2, 0.25) is 0 Å². The van der Waals surface area contributed by atoms with Gasteiger partial charge in [-0.05, 0) is 40.6 Å². The predicted molar refractivity (Wildman–Crippen MR) is 92.1 cm³/mol. The molecule has 2 aliphatic rings. The third-order valence-corrected chi connectivity index (χ3v) is 4.58. The summed E-state index contributed by atoms with van der Waals surface area (Å²) in [6, 6.07) is 16.6. The fourth-order valence-corrected chi connectivity index (χ4v) is 3.51. The van der Waals surface area contributed by atoms with Crippen molar-refractivity contribution in [2.75, 3.05) is 0 Å². The summed E-state index contributed by atoms with van der Waals surface area (Å²) in [5.74, 6) is 0.0505. The van der Waals surface area contributed by atoms with Crippen molar-refractivity contribution in [2.24, 2.45) is 0 Å². The van der Waals surface area contributed by atoms with Gasteiger partial charge in [0.2, 0.25) is 5.91 Å². The van der Waals surface area contributed by atoms with E-state index in [0.717, 1.165) is 0 Å². The number of hydrogen-bond donors (Lipinski definition) is 1. The molecule has 0 fully saturated rings. The number of nitrogens with one attached hydrogen (secondary N) is 1. The van der Waals surface area contributed by atoms with Gasteiger partial charge in [-0.2, -0.15) is 0 Å². The van der Waals surface area contributed by atoms with Gasteiger partial charge in [-0.15, -0.1) is 0 Å². The molecule has 2 heterocycles. The van der Waals surface area contributed by atoms with E-state index >= 15 is 0 Å². The number of carbonyl (C=O) groups is 1. The molecular weight excluding hydrogens is 284 g/mol. The Morgan fingerprint density at radius 3 is 2.35 bits per heavy atom. The van der Waals surface area contributed by atoms with Crippen molar-refractivity contribution in [2.45, 2.75) is 19.0 Å². The smallest absolute Gasteiger partial charge is 0.224 e. The quantitative estimate of drug-likeness (QED) is 0.867. The van der Waals surface area contributed by atoms with Gasteiger partial charge in [0.05, 0.1) is 12.1 Å². The van der Waals surface area contributed by atoms with Crippen LogP contribution in [0.5, 0.6) is 0 Å². The van der Waals surface area contributed by atoms with Gasteiger partial charge >= 0.3 is 0 Å². The first kappa shape index (κ1) is 13.8. The molecule has 114 valence electrons. The van der Waals surface area contributed by atoms with Crippen molar-refractivity contribution in [3.05, 3.63) is 83.2 Å². The minimum atomic E-state index is -0.0557. The van der Waals surface area contributed by atoms with Crippen LogP contribution in [0.25, 0.3) is 12.2 Å². The fourth-order valence-electron chi connectivity index (χ4n) is 3.51. The molecule has 3 heteroatoms. The van der Waals surface area contributed by atoms with Crippen LogP contribution in [0.4, 0.5) is 0 Å². The highest BCUT2D eigenvalue weighted by Crippen LogP contribution is 2.41. The molecule has 0 bridgehead atoms. The van der Waals surface area contributed by atoms with E-state index in [4.69, 9.17) is 0 Å². The minimum Gasteiger partial charge on any atom is -0.382 e. The second kappa shape index (κ2) is 5.43. The first-order chi connectivity index (χ1) is 11.3. The summed E-state index contributed by atoms with van der Waals surface area (Å²) >= 11 is 0. The van der Waals surface area contributed by atoms with Gasteiger partial charge in [0.25, 0.3) is 0 Å². The predicted octanol–water partition coefficient (Wildman–Crippen LogP) is 3.88. The van der Waals surface area contributed by atoms with E-state index in [-0.39, 0.29) is 18.0 Å². The van der Waals surface area contributed by atoms with E-state index in [1.807, 2.05) is 41.6 Å². The van der Waals surface area contributed by atoms with Gasteiger partial charge in [-0.25, -0.2) is 0 Å². The molecule has 0 aromatic heterocycles. The van der Waals surface area contributed by atoms with Gasteiger partial charge in [0.15, 0.2) is 0 Å². The molecule has 2 aromatic rings. The molecule has 1 amide bonds. The molecule has 0 spiro atoms. The Labute approximate surface area is 135 Å². The summed E-state index contributed by atoms with van der Waals surface area (Å²) in [5.41, 5.74) is 4.76. The van der Waals surface area contributed by atoms with Crippen LogP contribution in [0.1, 0.15) is 41.3 Å². The first-order valence-corrected chi connectivity index (χ1v) is 7.83. The first-order valence-electron chi connectivity index (χ1n) is 7.83. The zero-order valence-corrected chi connectivity index (χ0v) is 12.9. The Hall–Kier alpha value is -2.81. The molecule has 4 rings (SSSR count). The van der Waals surface area contributed by atoms with Crippen molar-refractivity contribution in [3.63, 3.8) is 0 Å². The van der Waals surface area contributed by atoms with Crippen molar-refractivity contribution in [1.29, 1.82) is 0 Å². The van der Waals surface area contributed by atoms with E-state index < -0.39 is 0 Å². The Kier molecular flexibility index (Phi) is 3.27. The number of hydrogen-bond acceptors (Lipinski definition) is 2. The Morgan fingerprint density at radius 2 is 1.61 bits per heavy atom. The maximum atomic E-state index is 12.2. The third-order valence-electron chi connectivity index (χ3n) is 4.58. The van der Waals surface area contributed by atoms with E-state index in [0.29, 0.717) is 0 Å². The van der Waals surface area contributed by atoms with Crippen LogP contribution in [0.15, 0.2) is 60.9 Å². The van der Waals surface area contributed by atoms with Gasteiger partial charge in [0, 0.05) is 13.1 Å². The monoisotopic (exact) mass is 302 g/mol. The summed E-state index contributed by atoms with van der Waals surface area (Å²) in [5, 5.41) is 3.46. The maximum absolute atomic E-state index is 12.2. The van der Waals surface area contributed by atoms with Crippen LogP contribution in [0, 0.1) is 0 Å². The highest BCUT2D eigenvalue weighted by Gasteiger charge is 2.35. The molecule has 2 aromatic carbocycles. The SMILES string of the molecule is CC(=O)N1C=Cc2ccccc2[C@@H]1[C@H]1NC=Cc2ccccc21. The lowest BCUT2D eigenvalue weighted by Gasteiger charge is -2.40. The fraction of sp³-hybridized carbons (Fsp3) is 0.150. The van der Waals surface area contributed by atoms with Crippen molar-refractivity contribution < 1.29 is 4.79 Å². The van der Waals surface area contributed by atoms with Crippen LogP contribution in [-0.2, 0) is 4.79 Å². The number of rotatable bonds is 1. The second-order valence-corrected chi connectivity index (χ2v) is 5.92. The standard InChI is InChI=1S/C20H18N2O/c1-14(23)22-13-11-16-7-3-5-9-18(16)20(22)19-17-8-4-2-6-15(17)10-12-21-19/h2-13,19-21H,1H3/t19-,20+/m0/s1. The highest BCUT2D eigenvalue weighted by molar-refractivity contribution is 5.78.